The minimum absolute atomic E-state index is 0. The van der Waals surface area contributed by atoms with Crippen LogP contribution in [0.15, 0.2) is 24.3 Å². The molecule has 0 amide bonds. The van der Waals surface area contributed by atoms with Crippen molar-refractivity contribution >= 4 is 0 Å². The van der Waals surface area contributed by atoms with Gasteiger partial charge < -0.3 is 5.11 Å². The molecule has 1 atom stereocenters. The van der Waals surface area contributed by atoms with Gasteiger partial charge in [0.2, 0.25) is 0 Å². The molecule has 1 aliphatic carbocycles. The van der Waals surface area contributed by atoms with Gasteiger partial charge in [0.1, 0.15) is 0 Å². The fraction of sp³-hybridized carbons (Fsp3) is 0.333. The summed E-state index contributed by atoms with van der Waals surface area (Å²) in [5.41, 5.74) is 1.41. The van der Waals surface area contributed by atoms with Crippen LogP contribution in [-0.2, 0) is 12.0 Å². The molecule has 0 radical (unpaired) electrons. The first-order chi connectivity index (χ1) is 4.70. The topological polar surface area (TPSA) is 23.1 Å². The fourth-order valence-electron chi connectivity index (χ4n) is 1.54. The zero-order valence-corrected chi connectivity index (χ0v) is 6.92. The van der Waals surface area contributed by atoms with Gasteiger partial charge in [-0.3, -0.25) is 0 Å². The summed E-state index contributed by atoms with van der Waals surface area (Å²) < 4.78 is 0. The predicted octanol–water partition coefficient (Wildman–Crippen LogP) is -2.18. The SMILES string of the molecule is CC1([O-])Cc2ccccc21.[Li+]. The van der Waals surface area contributed by atoms with E-state index in [-0.39, 0.29) is 18.9 Å². The van der Waals surface area contributed by atoms with Crippen molar-refractivity contribution in [2.45, 2.75) is 18.9 Å². The molecule has 0 fully saturated rings. The van der Waals surface area contributed by atoms with Gasteiger partial charge in [0.05, 0.1) is 0 Å². The number of hydrogen-bond acceptors (Lipinski definition) is 1. The van der Waals surface area contributed by atoms with Gasteiger partial charge in [-0.2, -0.15) is 0 Å². The van der Waals surface area contributed by atoms with Crippen molar-refractivity contribution in [2.24, 2.45) is 0 Å². The van der Waals surface area contributed by atoms with E-state index < -0.39 is 5.60 Å². The van der Waals surface area contributed by atoms with Crippen LogP contribution in [-0.4, -0.2) is 0 Å². The van der Waals surface area contributed by atoms with Crippen LogP contribution in [0.5, 0.6) is 0 Å². The zero-order valence-electron chi connectivity index (χ0n) is 6.92. The van der Waals surface area contributed by atoms with Crippen LogP contribution in [0.4, 0.5) is 0 Å². The van der Waals surface area contributed by atoms with E-state index in [2.05, 4.69) is 0 Å². The molecule has 0 saturated heterocycles. The van der Waals surface area contributed by atoms with Gasteiger partial charge in [-0.05, 0) is 12.0 Å². The van der Waals surface area contributed by atoms with Gasteiger partial charge >= 0.3 is 18.9 Å². The van der Waals surface area contributed by atoms with Gasteiger partial charge in [-0.1, -0.05) is 42.4 Å². The second-order valence-electron chi connectivity index (χ2n) is 3.06. The molecule has 0 saturated carbocycles. The predicted molar refractivity (Wildman–Crippen MR) is 37.5 cm³/mol. The molecule has 0 heterocycles. The summed E-state index contributed by atoms with van der Waals surface area (Å²) in [5.74, 6) is 0. The molecule has 0 aromatic heterocycles. The maximum Gasteiger partial charge on any atom is 1.00 e. The van der Waals surface area contributed by atoms with Gasteiger partial charge in [0, 0.05) is 0 Å². The Morgan fingerprint density at radius 2 is 2.00 bits per heavy atom. The van der Waals surface area contributed by atoms with Crippen LogP contribution in [0, 0.1) is 0 Å². The molecule has 0 N–H and O–H groups in total. The van der Waals surface area contributed by atoms with Crippen LogP contribution < -0.4 is 24.0 Å². The Bertz CT molecular complexity index is 268. The molecular formula is C9H9LiO. The first kappa shape index (κ1) is 8.87. The molecule has 1 nitrogen and oxygen atoms in total. The molecule has 52 valence electrons. The van der Waals surface area contributed by atoms with E-state index in [1.54, 1.807) is 6.92 Å². The van der Waals surface area contributed by atoms with Crippen molar-refractivity contribution in [3.8, 4) is 0 Å². The Hall–Kier alpha value is -0.223. The smallest absolute Gasteiger partial charge is 0.846 e. The maximum absolute atomic E-state index is 11.4. The first-order valence-electron chi connectivity index (χ1n) is 3.49. The van der Waals surface area contributed by atoms with Crippen LogP contribution in [0.2, 0.25) is 0 Å². The summed E-state index contributed by atoms with van der Waals surface area (Å²) in [6, 6.07) is 7.85. The number of hydrogen-bond donors (Lipinski definition) is 0. The molecule has 2 rings (SSSR count). The second-order valence-corrected chi connectivity index (χ2v) is 3.06. The number of benzene rings is 1. The molecule has 1 aromatic rings. The Morgan fingerprint density at radius 3 is 2.45 bits per heavy atom. The van der Waals surface area contributed by atoms with Crippen molar-refractivity contribution < 1.29 is 24.0 Å². The fourth-order valence-corrected chi connectivity index (χ4v) is 1.54. The van der Waals surface area contributed by atoms with Crippen molar-refractivity contribution in [3.05, 3.63) is 35.4 Å². The molecule has 0 aliphatic heterocycles. The van der Waals surface area contributed by atoms with E-state index in [9.17, 15) is 5.11 Å². The van der Waals surface area contributed by atoms with Gasteiger partial charge in [-0.25, -0.2) is 0 Å². The molecule has 11 heavy (non-hydrogen) atoms. The van der Waals surface area contributed by atoms with Gasteiger partial charge in [-0.15, -0.1) is 0 Å². The maximum atomic E-state index is 11.4. The van der Waals surface area contributed by atoms with Gasteiger partial charge in [0.15, 0.2) is 0 Å². The monoisotopic (exact) mass is 140 g/mol. The third-order valence-electron chi connectivity index (χ3n) is 2.11. The minimum atomic E-state index is -0.795. The summed E-state index contributed by atoms with van der Waals surface area (Å²) in [6.07, 6.45) is 0.698. The number of fused-ring (bicyclic) bond motifs is 1. The average molecular weight is 140 g/mol. The third kappa shape index (κ3) is 1.25. The van der Waals surface area contributed by atoms with Crippen molar-refractivity contribution in [1.29, 1.82) is 0 Å². The molecule has 0 bridgehead atoms. The standard InChI is InChI=1S/C9H9O.Li/c1-9(10)6-7-4-2-3-5-8(7)9;/h2-5H,6H2,1H3;/q-1;+1. The van der Waals surface area contributed by atoms with E-state index in [0.717, 1.165) is 5.56 Å². The molecule has 1 aromatic carbocycles. The van der Waals surface area contributed by atoms with E-state index in [0.29, 0.717) is 6.42 Å². The summed E-state index contributed by atoms with van der Waals surface area (Å²) in [4.78, 5) is 0. The van der Waals surface area contributed by atoms with E-state index >= 15 is 0 Å². The van der Waals surface area contributed by atoms with E-state index in [1.807, 2.05) is 24.3 Å². The molecular weight excluding hydrogens is 131 g/mol. The second kappa shape index (κ2) is 2.68. The van der Waals surface area contributed by atoms with Crippen LogP contribution in [0.3, 0.4) is 0 Å². The molecule has 1 unspecified atom stereocenters. The van der Waals surface area contributed by atoms with Crippen LogP contribution >= 0.6 is 0 Å². The summed E-state index contributed by atoms with van der Waals surface area (Å²) in [7, 11) is 0. The Labute approximate surface area is 78.6 Å². The summed E-state index contributed by atoms with van der Waals surface area (Å²) in [5, 5.41) is 11.4. The van der Waals surface area contributed by atoms with Crippen LogP contribution in [0.1, 0.15) is 18.1 Å². The van der Waals surface area contributed by atoms with Crippen molar-refractivity contribution in [1.82, 2.24) is 0 Å². The normalized spacial score (nSPS) is 26.4. The summed E-state index contributed by atoms with van der Waals surface area (Å²) >= 11 is 0. The molecule has 1 aliphatic rings. The Balaban J connectivity index is 0.000000605. The molecule has 0 spiro atoms. The van der Waals surface area contributed by atoms with E-state index in [1.165, 1.54) is 5.56 Å². The first-order valence-corrected chi connectivity index (χ1v) is 3.49. The van der Waals surface area contributed by atoms with Crippen molar-refractivity contribution in [3.63, 3.8) is 0 Å². The van der Waals surface area contributed by atoms with Gasteiger partial charge in [0.25, 0.3) is 0 Å². The Morgan fingerprint density at radius 1 is 1.36 bits per heavy atom. The molecule has 2 heteroatoms. The van der Waals surface area contributed by atoms with E-state index in [4.69, 9.17) is 0 Å². The third-order valence-corrected chi connectivity index (χ3v) is 2.11. The largest absolute Gasteiger partial charge is 1.00 e. The van der Waals surface area contributed by atoms with Crippen LogP contribution in [0.25, 0.3) is 0 Å². The number of rotatable bonds is 0. The Kier molecular flexibility index (Phi) is 2.16. The summed E-state index contributed by atoms with van der Waals surface area (Å²) in [6.45, 7) is 1.75. The average Bonchev–Trinajstić information content (AvgIpc) is 1.86. The minimum Gasteiger partial charge on any atom is -0.846 e. The van der Waals surface area contributed by atoms with Crippen molar-refractivity contribution in [2.75, 3.05) is 0 Å². The quantitative estimate of drug-likeness (QED) is 0.376. The zero-order chi connectivity index (χ0) is 7.19.